The second-order valence-electron chi connectivity index (χ2n) is 30.5. The Labute approximate surface area is 696 Å². The van der Waals surface area contributed by atoms with Gasteiger partial charge >= 0.3 is 0 Å². The number of hydrogen-bond acceptors (Lipinski definition) is 42. The van der Waals surface area contributed by atoms with Gasteiger partial charge < -0.3 is 211 Å². The van der Waals surface area contributed by atoms with E-state index >= 15 is 0 Å². The van der Waals surface area contributed by atoms with E-state index in [0.717, 1.165) is 61.0 Å². The van der Waals surface area contributed by atoms with E-state index in [0.29, 0.717) is 6.42 Å². The number of phenolic OH excluding ortho intramolecular Hbond substituents is 1. The molecule has 0 bridgehead atoms. The number of carbonyl (C=O) groups excluding carboxylic acids is 8. The molecular formula is C72H117N9O41. The van der Waals surface area contributed by atoms with Gasteiger partial charge in [0.1, 0.15) is 195 Å². The van der Waals surface area contributed by atoms with Crippen molar-refractivity contribution in [1.82, 2.24) is 47.9 Å². The van der Waals surface area contributed by atoms with Gasteiger partial charge in [0.15, 0.2) is 44.0 Å². The maximum Gasteiger partial charge on any atom is 0.217 e. The van der Waals surface area contributed by atoms with Gasteiger partial charge in [0, 0.05) is 61.9 Å². The number of phenols is 1. The van der Waals surface area contributed by atoms with E-state index in [-0.39, 0.29) is 18.8 Å². The highest BCUT2D eigenvalue weighted by Gasteiger charge is 2.61. The van der Waals surface area contributed by atoms with Crippen LogP contribution in [0.3, 0.4) is 0 Å². The Morgan fingerprint density at radius 1 is 0.344 bits per heavy atom. The Balaban J connectivity index is 0.983. The molecule has 50 heteroatoms. The van der Waals surface area contributed by atoms with E-state index in [1.807, 2.05) is 0 Å². The first-order valence-corrected chi connectivity index (χ1v) is 39.3. The molecule has 0 aliphatic carbocycles. The van der Waals surface area contributed by atoms with Crippen molar-refractivity contribution in [3.8, 4) is 5.75 Å². The lowest BCUT2D eigenvalue weighted by Crippen LogP contribution is -2.72. The van der Waals surface area contributed by atoms with Crippen molar-refractivity contribution in [1.29, 1.82) is 0 Å². The SMILES string of the molecule is CC(=O)NC(CNCCc1ccc(O)cc1)C(O)C(OC1OC(CO)C(OC2OC(CO)C(OC3OC(CO)C(OC4OC(CO)C(OC5OC(CO)C(OC6OC(CO)C(OC7OC(CO)C(O)C(O)C7NC(C)=O)C(O)C6NC(C)=O)C(O)C5NC(C)=O)C(O)C4NC(C)=O)C(O)C3NC(C)=O)C(O)C2NC(C)=O)C(O)C1NC(C)=O)C(O)CO. The van der Waals surface area contributed by atoms with E-state index in [1.165, 1.54) is 12.1 Å². The summed E-state index contributed by atoms with van der Waals surface area (Å²) in [4.78, 5) is 103. The second kappa shape index (κ2) is 46.3. The lowest BCUT2D eigenvalue weighted by molar-refractivity contribution is -0.373. The van der Waals surface area contributed by atoms with Crippen LogP contribution in [0.2, 0.25) is 0 Å². The average Bonchev–Trinajstić information content (AvgIpc) is 0.726. The standard InChI is InChI=1S/C72H117N9O41/c1-24(90)74-34(15-73-14-13-32-9-11-33(98)12-10-32)50(100)59(35(99)16-82)116-67-44(76-26(3)92)53(103)61(37(18-84)110-67)118-69-46(78-28(5)94)55(105)63(39(20-86)112-69)120-71-48(80-30(7)96)57(107)65(41(22-88)114-71)122-72-49(81-31(8)97)58(108)64(42(23-89)115-72)121-70-47(79-29(6)95)56(106)62(40(21-87)113-70)119-68-45(77-27(4)93)54(104)60(38(19-85)111-68)117-66-43(75-25(2)91)52(102)51(101)36(17-83)109-66/h9-12,34-73,82-89,98-108H,13-23H2,1-8H3,(H,74,90)(H,75,91)(H,76,92)(H,77,93)(H,78,94)(H,79,95)(H,80,96)(H,81,97). The molecule has 28 N–H and O–H groups in total. The van der Waals surface area contributed by atoms with Gasteiger partial charge in [-0.1, -0.05) is 12.1 Å². The van der Waals surface area contributed by atoms with Crippen molar-refractivity contribution >= 4 is 47.3 Å². The summed E-state index contributed by atoms with van der Waals surface area (Å²) in [5, 5.41) is 236. The van der Waals surface area contributed by atoms with Crippen molar-refractivity contribution in [2.75, 3.05) is 65.9 Å². The van der Waals surface area contributed by atoms with E-state index in [1.54, 1.807) is 12.1 Å². The number of aromatic hydroxyl groups is 1. The predicted molar refractivity (Wildman–Crippen MR) is 397 cm³/mol. The van der Waals surface area contributed by atoms with Crippen LogP contribution in [0, 0.1) is 0 Å². The number of aliphatic hydroxyl groups excluding tert-OH is 18. The quantitative estimate of drug-likeness (QED) is 0.0273. The third-order valence-corrected chi connectivity index (χ3v) is 21.2. The van der Waals surface area contributed by atoms with E-state index in [4.69, 9.17) is 66.3 Å². The number of benzene rings is 1. The predicted octanol–water partition coefficient (Wildman–Crippen LogP) is -16.1. The number of aliphatic hydroxyl groups is 18. The summed E-state index contributed by atoms with van der Waals surface area (Å²) < 4.78 is 85.4. The molecule has 7 saturated heterocycles. The van der Waals surface area contributed by atoms with Crippen LogP contribution in [-0.2, 0) is 111 Å². The third-order valence-electron chi connectivity index (χ3n) is 21.2. The highest BCUT2D eigenvalue weighted by atomic mass is 16.8. The largest absolute Gasteiger partial charge is 0.508 e. The summed E-state index contributed by atoms with van der Waals surface area (Å²) in [6, 6.07) is -7.65. The first-order valence-electron chi connectivity index (χ1n) is 39.3. The summed E-state index contributed by atoms with van der Waals surface area (Å²) in [7, 11) is 0. The van der Waals surface area contributed by atoms with Gasteiger partial charge in [-0.3, -0.25) is 38.4 Å². The third kappa shape index (κ3) is 25.2. The lowest BCUT2D eigenvalue weighted by atomic mass is 9.92. The Hall–Kier alpha value is -6.54. The van der Waals surface area contributed by atoms with Crippen molar-refractivity contribution in [2.24, 2.45) is 0 Å². The second-order valence-corrected chi connectivity index (χ2v) is 30.5. The zero-order valence-electron chi connectivity index (χ0n) is 67.6. The van der Waals surface area contributed by atoms with Crippen molar-refractivity contribution in [3.05, 3.63) is 29.8 Å². The normalized spacial score (nSPS) is 39.0. The van der Waals surface area contributed by atoms with Crippen LogP contribution in [0.25, 0.3) is 0 Å². The number of ether oxygens (including phenoxy) is 14. The Morgan fingerprint density at radius 3 is 0.836 bits per heavy atom. The van der Waals surface area contributed by atoms with Gasteiger partial charge in [0.2, 0.25) is 47.3 Å². The van der Waals surface area contributed by atoms with Crippen molar-refractivity contribution in [3.63, 3.8) is 0 Å². The monoisotopic (exact) mass is 1760 g/mol. The van der Waals surface area contributed by atoms with Gasteiger partial charge in [-0.15, -0.1) is 0 Å². The van der Waals surface area contributed by atoms with Gasteiger partial charge in [-0.2, -0.15) is 0 Å². The van der Waals surface area contributed by atoms with Crippen molar-refractivity contribution in [2.45, 2.75) is 301 Å². The van der Waals surface area contributed by atoms with Crippen LogP contribution in [0.5, 0.6) is 5.75 Å². The molecule has 7 fully saturated rings. The maximum absolute atomic E-state index is 13.1. The Morgan fingerprint density at radius 2 is 0.590 bits per heavy atom. The first-order chi connectivity index (χ1) is 57.8. The molecule has 696 valence electrons. The summed E-state index contributed by atoms with van der Waals surface area (Å²) in [6.45, 7) is -0.383. The first kappa shape index (κ1) is 101. The number of hydrogen-bond donors (Lipinski definition) is 28. The van der Waals surface area contributed by atoms with Gasteiger partial charge in [-0.25, -0.2) is 0 Å². The fourth-order valence-corrected chi connectivity index (χ4v) is 15.5. The zero-order chi connectivity index (χ0) is 90.2. The molecule has 0 aromatic heterocycles. The Bertz CT molecular complexity index is 3510. The highest BCUT2D eigenvalue weighted by molar-refractivity contribution is 5.76. The summed E-state index contributed by atoms with van der Waals surface area (Å²) >= 11 is 0. The minimum Gasteiger partial charge on any atom is -0.508 e. The van der Waals surface area contributed by atoms with Crippen LogP contribution in [0.4, 0.5) is 0 Å². The molecule has 0 radical (unpaired) electrons. The number of carbonyl (C=O) groups is 8. The average molecular weight is 1760 g/mol. The van der Waals surface area contributed by atoms with Gasteiger partial charge in [-0.05, 0) is 30.7 Å². The van der Waals surface area contributed by atoms with E-state index in [2.05, 4.69) is 47.9 Å². The highest BCUT2D eigenvalue weighted by Crippen LogP contribution is 2.39. The van der Waals surface area contributed by atoms with E-state index < -0.39 is 339 Å². The fourth-order valence-electron chi connectivity index (χ4n) is 15.5. The molecule has 8 amide bonds. The van der Waals surface area contributed by atoms with Gasteiger partial charge in [0.05, 0.1) is 58.9 Å². The zero-order valence-corrected chi connectivity index (χ0v) is 67.6. The molecule has 1 aromatic rings. The maximum atomic E-state index is 13.1. The summed E-state index contributed by atoms with van der Waals surface area (Å²) in [5.41, 5.74) is 0.807. The molecule has 50 nitrogen and oxygen atoms in total. The summed E-state index contributed by atoms with van der Waals surface area (Å²) in [5.74, 6) is -6.71. The van der Waals surface area contributed by atoms with Crippen LogP contribution >= 0.6 is 0 Å². The van der Waals surface area contributed by atoms with E-state index in [9.17, 15) is 135 Å². The van der Waals surface area contributed by atoms with Crippen LogP contribution < -0.4 is 47.9 Å². The number of rotatable bonds is 38. The van der Waals surface area contributed by atoms with Crippen LogP contribution in [0.1, 0.15) is 61.0 Å². The molecule has 7 heterocycles. The molecule has 39 atom stereocenters. The van der Waals surface area contributed by atoms with Crippen molar-refractivity contribution < 1.29 is 202 Å². The molecule has 122 heavy (non-hydrogen) atoms. The number of amides is 8. The smallest absolute Gasteiger partial charge is 0.217 e. The topological polar surface area (TPSA) is 758 Å². The molecule has 8 rings (SSSR count). The molecule has 1 aromatic carbocycles. The minimum absolute atomic E-state index is 0.0372. The Kier molecular flexibility index (Phi) is 38.3. The molecular weight excluding hydrogens is 1650 g/mol. The fraction of sp³-hybridized carbons (Fsp3) is 0.806. The number of nitrogens with one attached hydrogen (secondary N) is 9. The molecule has 0 spiro atoms. The summed E-state index contributed by atoms with van der Waals surface area (Å²) in [6.07, 6.45) is -59.5. The molecule has 7 aliphatic rings. The molecule has 39 unspecified atom stereocenters. The molecule has 0 saturated carbocycles. The van der Waals surface area contributed by atoms with Gasteiger partial charge in [0.25, 0.3) is 0 Å². The van der Waals surface area contributed by atoms with Crippen LogP contribution in [-0.4, -0.2) is 449 Å². The van der Waals surface area contributed by atoms with Crippen LogP contribution in [0.15, 0.2) is 24.3 Å². The lowest BCUT2D eigenvalue weighted by Gasteiger charge is -2.52. The molecule has 7 aliphatic heterocycles. The minimum atomic E-state index is -2.18.